The molecule has 0 saturated carbocycles. The summed E-state index contributed by atoms with van der Waals surface area (Å²) in [4.78, 5) is 35.0. The fourth-order valence-electron chi connectivity index (χ4n) is 3.77. The molecule has 148 valence electrons. The Morgan fingerprint density at radius 3 is 2.89 bits per heavy atom. The largest absolute Gasteiger partial charge is 0.378 e. The molecule has 3 heterocycles. The van der Waals surface area contributed by atoms with Gasteiger partial charge in [-0.25, -0.2) is 4.98 Å². The molecule has 1 aromatic carbocycles. The minimum atomic E-state index is -0.940. The summed E-state index contributed by atoms with van der Waals surface area (Å²) in [5.74, 6) is -1.06. The summed E-state index contributed by atoms with van der Waals surface area (Å²) in [6.07, 6.45) is 0.524. The number of aromatic nitrogens is 2. The summed E-state index contributed by atoms with van der Waals surface area (Å²) in [5, 5.41) is 0.627. The van der Waals surface area contributed by atoms with Gasteiger partial charge < -0.3 is 19.5 Å². The number of H-pyrrole nitrogens is 1. The summed E-state index contributed by atoms with van der Waals surface area (Å²) in [6, 6.07) is 5.39. The highest BCUT2D eigenvalue weighted by molar-refractivity contribution is 6.32. The Morgan fingerprint density at radius 2 is 2.14 bits per heavy atom. The number of hydrogen-bond acceptors (Lipinski definition) is 5. The number of halogens is 2. The number of nitrogens with zero attached hydrogens (tertiary/aromatic N) is 3. The Labute approximate surface area is 166 Å². The molecule has 1 N–H and O–H groups in total. The molecule has 28 heavy (non-hydrogen) atoms. The van der Waals surface area contributed by atoms with Gasteiger partial charge >= 0.3 is 0 Å². The smallest absolute Gasteiger partial charge is 0.289 e. The first-order chi connectivity index (χ1) is 13.5. The molecule has 4 rings (SSSR count). The van der Waals surface area contributed by atoms with E-state index in [9.17, 15) is 14.0 Å². The zero-order chi connectivity index (χ0) is 19.8. The van der Waals surface area contributed by atoms with Crippen molar-refractivity contribution in [2.24, 2.45) is 0 Å². The lowest BCUT2D eigenvalue weighted by molar-refractivity contribution is -0.118. The average molecular weight is 407 g/mol. The van der Waals surface area contributed by atoms with Crippen LogP contribution in [-0.4, -0.2) is 48.2 Å². The highest BCUT2D eigenvalue weighted by atomic mass is 35.5. The van der Waals surface area contributed by atoms with E-state index < -0.39 is 11.4 Å². The number of ether oxygens (including phenoxy) is 1. The highest BCUT2D eigenvalue weighted by Gasteiger charge is 2.32. The molecule has 9 heteroatoms. The van der Waals surface area contributed by atoms with Crippen molar-refractivity contribution in [3.05, 3.63) is 50.8 Å². The average Bonchev–Trinajstić information content (AvgIpc) is 3.02. The summed E-state index contributed by atoms with van der Waals surface area (Å²) >= 11 is 6.25. The van der Waals surface area contributed by atoms with Gasteiger partial charge in [-0.3, -0.25) is 9.59 Å². The zero-order valence-corrected chi connectivity index (χ0v) is 16.1. The molecule has 1 saturated heterocycles. The van der Waals surface area contributed by atoms with Crippen LogP contribution in [0.1, 0.15) is 18.3 Å². The van der Waals surface area contributed by atoms with E-state index in [1.807, 2.05) is 13.0 Å². The number of amides is 1. The number of carbonyl (C=O) groups is 1. The summed E-state index contributed by atoms with van der Waals surface area (Å²) in [6.45, 7) is 3.69. The van der Waals surface area contributed by atoms with Gasteiger partial charge in [0.1, 0.15) is 5.82 Å². The fourth-order valence-corrected chi connectivity index (χ4v) is 4.02. The second-order valence-electron chi connectivity index (χ2n) is 6.98. The first-order valence-corrected chi connectivity index (χ1v) is 9.54. The third-order valence-corrected chi connectivity index (χ3v) is 5.44. The van der Waals surface area contributed by atoms with Crippen molar-refractivity contribution in [3.8, 4) is 0 Å². The predicted molar refractivity (Wildman–Crippen MR) is 104 cm³/mol. The lowest BCUT2D eigenvalue weighted by Crippen LogP contribution is -2.40. The molecule has 7 nitrogen and oxygen atoms in total. The Morgan fingerprint density at radius 1 is 1.39 bits per heavy atom. The van der Waals surface area contributed by atoms with E-state index in [1.165, 1.54) is 0 Å². The second-order valence-corrected chi connectivity index (χ2v) is 7.39. The molecule has 2 aromatic rings. The van der Waals surface area contributed by atoms with Gasteiger partial charge in [-0.1, -0.05) is 17.7 Å². The van der Waals surface area contributed by atoms with Crippen molar-refractivity contribution in [2.75, 3.05) is 36.1 Å². The van der Waals surface area contributed by atoms with Crippen LogP contribution in [-0.2, 0) is 22.4 Å². The van der Waals surface area contributed by atoms with Gasteiger partial charge in [0.25, 0.3) is 5.56 Å². The number of benzene rings is 1. The number of rotatable bonds is 3. The number of fused-ring (bicyclic) bond motifs is 1. The molecule has 0 radical (unpaired) electrons. The maximum absolute atomic E-state index is 14.3. The van der Waals surface area contributed by atoms with E-state index in [0.29, 0.717) is 37.7 Å². The number of hydrogen-bond donors (Lipinski definition) is 1. The summed E-state index contributed by atoms with van der Waals surface area (Å²) < 4.78 is 19.6. The van der Waals surface area contributed by atoms with Crippen LogP contribution in [0.25, 0.3) is 0 Å². The minimum Gasteiger partial charge on any atom is -0.378 e. The SMILES string of the molecule is C[C@@H]1Cc2c(Cl)cccc2N1C(=O)Cc1nc(N2CCOCC2)c(F)c(=O)[nH]1. The van der Waals surface area contributed by atoms with Crippen molar-refractivity contribution >= 4 is 29.0 Å². The van der Waals surface area contributed by atoms with Crippen molar-refractivity contribution in [2.45, 2.75) is 25.8 Å². The van der Waals surface area contributed by atoms with Crippen LogP contribution in [0.5, 0.6) is 0 Å². The van der Waals surface area contributed by atoms with Crippen molar-refractivity contribution in [3.63, 3.8) is 0 Å². The van der Waals surface area contributed by atoms with Gasteiger partial charge in [0.15, 0.2) is 5.82 Å². The first-order valence-electron chi connectivity index (χ1n) is 9.16. The van der Waals surface area contributed by atoms with E-state index in [2.05, 4.69) is 9.97 Å². The van der Waals surface area contributed by atoms with Crippen molar-refractivity contribution in [1.82, 2.24) is 9.97 Å². The van der Waals surface area contributed by atoms with Crippen LogP contribution in [0.15, 0.2) is 23.0 Å². The number of carbonyl (C=O) groups excluding carboxylic acids is 1. The molecule has 2 aliphatic rings. The van der Waals surface area contributed by atoms with Crippen molar-refractivity contribution < 1.29 is 13.9 Å². The predicted octanol–water partition coefficient (Wildman–Crippen LogP) is 1.92. The van der Waals surface area contributed by atoms with Crippen LogP contribution < -0.4 is 15.4 Å². The van der Waals surface area contributed by atoms with Crippen LogP contribution >= 0.6 is 11.6 Å². The van der Waals surface area contributed by atoms with Crippen LogP contribution in [0.3, 0.4) is 0 Å². The molecule has 1 fully saturated rings. The van der Waals surface area contributed by atoms with E-state index in [4.69, 9.17) is 16.3 Å². The zero-order valence-electron chi connectivity index (χ0n) is 15.4. The molecule has 1 aromatic heterocycles. The monoisotopic (exact) mass is 406 g/mol. The second kappa shape index (κ2) is 7.52. The van der Waals surface area contributed by atoms with Crippen molar-refractivity contribution in [1.29, 1.82) is 0 Å². The van der Waals surface area contributed by atoms with Gasteiger partial charge in [0.2, 0.25) is 11.7 Å². The number of nitrogens with one attached hydrogen (secondary N) is 1. The van der Waals surface area contributed by atoms with E-state index in [-0.39, 0.29) is 30.0 Å². The highest BCUT2D eigenvalue weighted by Crippen LogP contribution is 2.36. The standard InChI is InChI=1S/C19H20ClFN4O3/c1-11-9-12-13(20)3-2-4-14(12)25(11)16(26)10-15-22-18(17(21)19(27)23-15)24-5-7-28-8-6-24/h2-4,11H,5-10H2,1H3,(H,22,23,27)/t11-/m1/s1. The molecular formula is C19H20ClFN4O3. The fraction of sp³-hybridized carbons (Fsp3) is 0.421. The van der Waals surface area contributed by atoms with Gasteiger partial charge in [-0.15, -0.1) is 0 Å². The first kappa shape index (κ1) is 18.9. The lowest BCUT2D eigenvalue weighted by Gasteiger charge is -2.28. The van der Waals surface area contributed by atoms with Crippen LogP contribution in [0.4, 0.5) is 15.9 Å². The third-order valence-electron chi connectivity index (χ3n) is 5.09. The Hall–Kier alpha value is -2.45. The quantitative estimate of drug-likeness (QED) is 0.842. The number of morpholine rings is 1. The molecule has 2 aliphatic heterocycles. The summed E-state index contributed by atoms with van der Waals surface area (Å²) in [7, 11) is 0. The number of anilines is 2. The van der Waals surface area contributed by atoms with E-state index in [1.54, 1.807) is 21.9 Å². The molecule has 0 unspecified atom stereocenters. The summed E-state index contributed by atoms with van der Waals surface area (Å²) in [5.41, 5.74) is 0.819. The van der Waals surface area contributed by atoms with Gasteiger partial charge in [0, 0.05) is 29.8 Å². The third kappa shape index (κ3) is 3.38. The van der Waals surface area contributed by atoms with Crippen LogP contribution in [0.2, 0.25) is 5.02 Å². The molecule has 0 aliphatic carbocycles. The number of aromatic amines is 1. The normalized spacial score (nSPS) is 19.0. The molecule has 0 bridgehead atoms. The molecular weight excluding hydrogens is 387 g/mol. The lowest BCUT2D eigenvalue weighted by atomic mass is 10.1. The van der Waals surface area contributed by atoms with E-state index >= 15 is 0 Å². The molecule has 1 amide bonds. The minimum absolute atomic E-state index is 0.0345. The van der Waals surface area contributed by atoms with Gasteiger partial charge in [-0.2, -0.15) is 4.39 Å². The van der Waals surface area contributed by atoms with Gasteiger partial charge in [-0.05, 0) is 31.0 Å². The van der Waals surface area contributed by atoms with E-state index in [0.717, 1.165) is 11.3 Å². The molecule has 1 atom stereocenters. The maximum Gasteiger partial charge on any atom is 0.289 e. The molecule has 0 spiro atoms. The Balaban J connectivity index is 1.61. The topological polar surface area (TPSA) is 78.5 Å². The Kier molecular flexibility index (Phi) is 5.07. The maximum atomic E-state index is 14.3. The van der Waals surface area contributed by atoms with Gasteiger partial charge in [0.05, 0.1) is 19.6 Å². The Bertz CT molecular complexity index is 974. The van der Waals surface area contributed by atoms with Crippen LogP contribution in [0, 0.1) is 5.82 Å².